The van der Waals surface area contributed by atoms with E-state index in [2.05, 4.69) is 18.4 Å². The van der Waals surface area contributed by atoms with Crippen molar-refractivity contribution in [2.45, 2.75) is 63.3 Å². The molecule has 0 aliphatic heterocycles. The minimum absolute atomic E-state index is 0.193. The third kappa shape index (κ3) is 5.68. The van der Waals surface area contributed by atoms with Crippen LogP contribution in [0.25, 0.3) is 0 Å². The lowest BCUT2D eigenvalue weighted by Gasteiger charge is -2.25. The van der Waals surface area contributed by atoms with Crippen LogP contribution in [0.5, 0.6) is 0 Å². The van der Waals surface area contributed by atoms with Gasteiger partial charge in [-0.05, 0) is 12.3 Å². The fraction of sp³-hybridized carbons (Fsp3) is 0.733. The highest BCUT2D eigenvalue weighted by atomic mass is 16.3. The number of aliphatic hydroxyl groups excluding tert-OH is 3. The van der Waals surface area contributed by atoms with Crippen LogP contribution in [0.3, 0.4) is 0 Å². The van der Waals surface area contributed by atoms with Crippen LogP contribution in [0.4, 0.5) is 0 Å². The Labute approximate surface area is 110 Å². The first kappa shape index (κ1) is 15.2. The predicted molar refractivity (Wildman–Crippen MR) is 71.8 cm³/mol. The molecule has 0 aromatic rings. The second-order valence-corrected chi connectivity index (χ2v) is 5.08. The highest BCUT2D eigenvalue weighted by molar-refractivity contribution is 5.11. The van der Waals surface area contributed by atoms with Crippen LogP contribution in [-0.4, -0.2) is 33.6 Å². The zero-order chi connectivity index (χ0) is 13.4. The molecule has 0 aromatic carbocycles. The standard InChI is InChI=1S/C15H24O3/c1-2-13(16)9-6-10-14(17)15(18)11-12-7-4-3-5-8-12/h2,12-18H,1,3-5,7-8,10-11H2/t13-,14+,15+/m0/s1. The second-order valence-electron chi connectivity index (χ2n) is 5.08. The summed E-state index contributed by atoms with van der Waals surface area (Å²) >= 11 is 0. The topological polar surface area (TPSA) is 60.7 Å². The van der Waals surface area contributed by atoms with Crippen LogP contribution < -0.4 is 0 Å². The fourth-order valence-corrected chi connectivity index (χ4v) is 2.38. The quantitative estimate of drug-likeness (QED) is 0.515. The fourth-order valence-electron chi connectivity index (χ4n) is 2.38. The first-order valence-corrected chi connectivity index (χ1v) is 6.78. The Morgan fingerprint density at radius 3 is 2.39 bits per heavy atom. The highest BCUT2D eigenvalue weighted by Crippen LogP contribution is 2.28. The van der Waals surface area contributed by atoms with Crippen molar-refractivity contribution in [3.05, 3.63) is 12.7 Å². The van der Waals surface area contributed by atoms with E-state index < -0.39 is 18.3 Å². The smallest absolute Gasteiger partial charge is 0.133 e. The number of aliphatic hydroxyl groups is 3. The van der Waals surface area contributed by atoms with Gasteiger partial charge >= 0.3 is 0 Å². The van der Waals surface area contributed by atoms with Crippen LogP contribution in [0.1, 0.15) is 44.9 Å². The van der Waals surface area contributed by atoms with Gasteiger partial charge in [0.1, 0.15) is 6.10 Å². The van der Waals surface area contributed by atoms with E-state index in [1.807, 2.05) is 0 Å². The molecule has 0 saturated heterocycles. The molecule has 1 aliphatic carbocycles. The second kappa shape index (κ2) is 8.31. The Kier molecular flexibility index (Phi) is 7.04. The molecule has 3 heteroatoms. The summed E-state index contributed by atoms with van der Waals surface area (Å²) in [5.74, 6) is 5.75. The predicted octanol–water partition coefficient (Wildman–Crippen LogP) is 1.62. The molecule has 102 valence electrons. The van der Waals surface area contributed by atoms with Gasteiger partial charge in [0.2, 0.25) is 0 Å². The average molecular weight is 252 g/mol. The summed E-state index contributed by atoms with van der Waals surface area (Å²) < 4.78 is 0. The van der Waals surface area contributed by atoms with Crippen LogP contribution >= 0.6 is 0 Å². The molecule has 3 N–H and O–H groups in total. The van der Waals surface area contributed by atoms with Crippen molar-refractivity contribution in [3.8, 4) is 11.8 Å². The van der Waals surface area contributed by atoms with Crippen molar-refractivity contribution >= 4 is 0 Å². The Bertz CT molecular complexity index is 297. The maximum absolute atomic E-state index is 9.89. The Morgan fingerprint density at radius 1 is 1.11 bits per heavy atom. The van der Waals surface area contributed by atoms with Gasteiger partial charge in [-0.2, -0.15) is 0 Å². The van der Waals surface area contributed by atoms with E-state index >= 15 is 0 Å². The van der Waals surface area contributed by atoms with Gasteiger partial charge in [0.05, 0.1) is 12.2 Å². The molecule has 0 radical (unpaired) electrons. The molecule has 1 rings (SSSR count). The first-order chi connectivity index (χ1) is 8.63. The lowest BCUT2D eigenvalue weighted by molar-refractivity contribution is 0.00476. The number of hydrogen-bond acceptors (Lipinski definition) is 3. The van der Waals surface area contributed by atoms with E-state index in [4.69, 9.17) is 5.11 Å². The lowest BCUT2D eigenvalue weighted by Crippen LogP contribution is -2.28. The zero-order valence-electron chi connectivity index (χ0n) is 10.9. The largest absolute Gasteiger partial charge is 0.390 e. The van der Waals surface area contributed by atoms with Gasteiger partial charge in [0.25, 0.3) is 0 Å². The molecule has 0 aromatic heterocycles. The SMILES string of the molecule is C=C[C@H](O)C#CC[C@@H](O)[C@H](O)CC1CCCCC1. The summed E-state index contributed by atoms with van der Waals surface area (Å²) in [6, 6.07) is 0. The molecule has 1 aliphatic rings. The van der Waals surface area contributed by atoms with E-state index in [9.17, 15) is 10.2 Å². The molecule has 0 spiro atoms. The monoisotopic (exact) mass is 252 g/mol. The number of rotatable bonds is 5. The highest BCUT2D eigenvalue weighted by Gasteiger charge is 2.22. The van der Waals surface area contributed by atoms with E-state index in [1.54, 1.807) is 0 Å². The van der Waals surface area contributed by atoms with E-state index in [-0.39, 0.29) is 6.42 Å². The first-order valence-electron chi connectivity index (χ1n) is 6.78. The van der Waals surface area contributed by atoms with Crippen LogP contribution in [0.15, 0.2) is 12.7 Å². The van der Waals surface area contributed by atoms with E-state index in [0.717, 1.165) is 12.8 Å². The van der Waals surface area contributed by atoms with Gasteiger partial charge in [0, 0.05) is 6.42 Å². The summed E-state index contributed by atoms with van der Waals surface area (Å²) in [5.41, 5.74) is 0. The maximum atomic E-state index is 9.89. The van der Waals surface area contributed by atoms with Crippen molar-refractivity contribution < 1.29 is 15.3 Å². The third-order valence-corrected chi connectivity index (χ3v) is 3.53. The summed E-state index contributed by atoms with van der Waals surface area (Å²) in [7, 11) is 0. The Hall–Kier alpha value is -0.820. The molecule has 1 saturated carbocycles. The number of hydrogen-bond donors (Lipinski definition) is 3. The molecular weight excluding hydrogens is 228 g/mol. The maximum Gasteiger partial charge on any atom is 0.133 e. The van der Waals surface area contributed by atoms with Gasteiger partial charge in [0.15, 0.2) is 0 Å². The minimum Gasteiger partial charge on any atom is -0.390 e. The molecule has 3 nitrogen and oxygen atoms in total. The molecule has 0 amide bonds. The van der Waals surface area contributed by atoms with Crippen molar-refractivity contribution in [1.29, 1.82) is 0 Å². The average Bonchev–Trinajstić information content (AvgIpc) is 2.39. The lowest BCUT2D eigenvalue weighted by atomic mass is 9.84. The van der Waals surface area contributed by atoms with Crippen LogP contribution in [0, 0.1) is 17.8 Å². The van der Waals surface area contributed by atoms with E-state index in [1.165, 1.54) is 25.3 Å². The summed E-state index contributed by atoms with van der Waals surface area (Å²) in [5, 5.41) is 28.8. The van der Waals surface area contributed by atoms with Crippen molar-refractivity contribution in [2.75, 3.05) is 0 Å². The minimum atomic E-state index is -0.854. The Morgan fingerprint density at radius 2 is 1.78 bits per heavy atom. The van der Waals surface area contributed by atoms with E-state index in [0.29, 0.717) is 12.3 Å². The molecule has 0 bridgehead atoms. The molecule has 3 atom stereocenters. The third-order valence-electron chi connectivity index (χ3n) is 3.53. The molecule has 0 unspecified atom stereocenters. The van der Waals surface area contributed by atoms with Gasteiger partial charge in [-0.25, -0.2) is 0 Å². The van der Waals surface area contributed by atoms with Gasteiger partial charge in [-0.1, -0.05) is 56.6 Å². The zero-order valence-corrected chi connectivity index (χ0v) is 10.9. The molecular formula is C15H24O3. The van der Waals surface area contributed by atoms with Gasteiger partial charge < -0.3 is 15.3 Å². The molecule has 0 heterocycles. The van der Waals surface area contributed by atoms with Crippen LogP contribution in [0.2, 0.25) is 0 Å². The van der Waals surface area contributed by atoms with Crippen molar-refractivity contribution in [2.24, 2.45) is 5.92 Å². The normalized spacial score (nSPS) is 21.5. The van der Waals surface area contributed by atoms with Crippen LogP contribution in [-0.2, 0) is 0 Å². The van der Waals surface area contributed by atoms with Crippen molar-refractivity contribution in [3.63, 3.8) is 0 Å². The summed E-state index contributed by atoms with van der Waals surface area (Å²) in [4.78, 5) is 0. The van der Waals surface area contributed by atoms with Gasteiger partial charge in [-0.3, -0.25) is 0 Å². The summed E-state index contributed by atoms with van der Waals surface area (Å²) in [6.07, 6.45) is 5.88. The Balaban J connectivity index is 2.28. The molecule has 1 fully saturated rings. The van der Waals surface area contributed by atoms with Gasteiger partial charge in [-0.15, -0.1) is 0 Å². The molecule has 18 heavy (non-hydrogen) atoms. The van der Waals surface area contributed by atoms with Crippen molar-refractivity contribution in [1.82, 2.24) is 0 Å². The summed E-state index contributed by atoms with van der Waals surface area (Å²) in [6.45, 7) is 3.41.